The number of benzene rings is 1. The van der Waals surface area contributed by atoms with Crippen LogP contribution in [0.1, 0.15) is 40.1 Å². The molecule has 2 heterocycles. The van der Waals surface area contributed by atoms with Gasteiger partial charge in [-0.1, -0.05) is 0 Å². The first-order valence-corrected chi connectivity index (χ1v) is 13.2. The predicted molar refractivity (Wildman–Crippen MR) is 123 cm³/mol. The largest absolute Gasteiger partial charge is 0.484 e. The zero-order chi connectivity index (χ0) is 23.6. The molecule has 1 aliphatic carbocycles. The van der Waals surface area contributed by atoms with E-state index in [0.717, 1.165) is 36.1 Å². The molecule has 0 saturated carbocycles. The monoisotopic (exact) mass is 493 g/mol. The second-order valence-corrected chi connectivity index (χ2v) is 11.4. The van der Waals surface area contributed by atoms with Crippen LogP contribution in [0, 0.1) is 10.1 Å². The molecule has 176 valence electrons. The summed E-state index contributed by atoms with van der Waals surface area (Å²) in [6.07, 6.45) is 3.88. The predicted octanol–water partition coefficient (Wildman–Crippen LogP) is 2.47. The highest BCUT2D eigenvalue weighted by Crippen LogP contribution is 2.38. The van der Waals surface area contributed by atoms with E-state index in [4.69, 9.17) is 4.74 Å². The van der Waals surface area contributed by atoms with Crippen LogP contribution in [0.3, 0.4) is 0 Å². The number of nitro benzene ring substituents is 1. The highest BCUT2D eigenvalue weighted by Gasteiger charge is 2.32. The van der Waals surface area contributed by atoms with Crippen LogP contribution in [-0.4, -0.2) is 49.3 Å². The highest BCUT2D eigenvalue weighted by molar-refractivity contribution is 7.91. The Morgan fingerprint density at radius 2 is 1.91 bits per heavy atom. The minimum atomic E-state index is -3.13. The van der Waals surface area contributed by atoms with Gasteiger partial charge in [0.2, 0.25) is 0 Å². The van der Waals surface area contributed by atoms with E-state index in [1.807, 2.05) is 0 Å². The third-order valence-corrected chi connectivity index (χ3v) is 8.61. The Morgan fingerprint density at radius 3 is 2.58 bits per heavy atom. The molecule has 0 radical (unpaired) electrons. The van der Waals surface area contributed by atoms with Gasteiger partial charge in [0.05, 0.1) is 22.0 Å². The van der Waals surface area contributed by atoms with Crippen LogP contribution in [0.2, 0.25) is 0 Å². The van der Waals surface area contributed by atoms with E-state index in [-0.39, 0.29) is 29.7 Å². The summed E-state index contributed by atoms with van der Waals surface area (Å²) in [6, 6.07) is 4.95. The van der Waals surface area contributed by atoms with Gasteiger partial charge < -0.3 is 15.4 Å². The van der Waals surface area contributed by atoms with Crippen molar-refractivity contribution in [3.8, 4) is 5.75 Å². The van der Waals surface area contributed by atoms with E-state index in [0.29, 0.717) is 22.7 Å². The molecule has 1 saturated heterocycles. The fraction of sp³-hybridized carbons (Fsp3) is 0.429. The maximum atomic E-state index is 13.1. The standard InChI is InChI=1S/C21H23N3O7S2/c25-18(11-31-15-7-5-14(6-8-15)24(27)28)23-21-19(16-3-1-2-4-17(16)32-21)20(26)22-13-9-10-33(29,30)12-13/h5-8,13H,1-4,9-12H2,(H,22,26)(H,23,25)/t13-/m1/s1. The first kappa shape index (κ1) is 23.2. The maximum absolute atomic E-state index is 13.1. The van der Waals surface area contributed by atoms with E-state index in [9.17, 15) is 28.1 Å². The summed E-state index contributed by atoms with van der Waals surface area (Å²) in [5.41, 5.74) is 1.24. The molecular formula is C21H23N3O7S2. The lowest BCUT2D eigenvalue weighted by atomic mass is 9.95. The SMILES string of the molecule is O=C(COc1ccc([N+](=O)[O-])cc1)Nc1sc2c(c1C(=O)N[C@@H]1CCS(=O)(=O)C1)CCCC2. The molecular weight excluding hydrogens is 470 g/mol. The molecule has 33 heavy (non-hydrogen) atoms. The summed E-state index contributed by atoms with van der Waals surface area (Å²) in [7, 11) is -3.13. The first-order valence-electron chi connectivity index (χ1n) is 10.5. The zero-order valence-electron chi connectivity index (χ0n) is 17.7. The van der Waals surface area contributed by atoms with Gasteiger partial charge >= 0.3 is 0 Å². The molecule has 0 bridgehead atoms. The van der Waals surface area contributed by atoms with Crippen LogP contribution in [0.5, 0.6) is 5.75 Å². The molecule has 2 aromatic rings. The smallest absolute Gasteiger partial charge is 0.269 e. The van der Waals surface area contributed by atoms with Crippen LogP contribution in [-0.2, 0) is 27.5 Å². The molecule has 4 rings (SSSR count). The summed E-state index contributed by atoms with van der Waals surface area (Å²) in [5, 5.41) is 16.7. The van der Waals surface area contributed by atoms with Crippen LogP contribution in [0.4, 0.5) is 10.7 Å². The molecule has 10 nitrogen and oxygen atoms in total. The summed E-state index contributed by atoms with van der Waals surface area (Å²) >= 11 is 1.36. The fourth-order valence-electron chi connectivity index (χ4n) is 4.04. The van der Waals surface area contributed by atoms with Crippen molar-refractivity contribution in [1.29, 1.82) is 0 Å². The maximum Gasteiger partial charge on any atom is 0.269 e. The molecule has 1 atom stereocenters. The Balaban J connectivity index is 1.45. The molecule has 0 spiro atoms. The molecule has 2 N–H and O–H groups in total. The number of fused-ring (bicyclic) bond motifs is 1. The fourth-order valence-corrected chi connectivity index (χ4v) is 7.01. The lowest BCUT2D eigenvalue weighted by Crippen LogP contribution is -2.36. The average Bonchev–Trinajstić information content (AvgIpc) is 3.31. The number of hydrogen-bond acceptors (Lipinski definition) is 8. The van der Waals surface area contributed by atoms with Crippen LogP contribution in [0.25, 0.3) is 0 Å². The Labute approximate surface area is 194 Å². The van der Waals surface area contributed by atoms with Gasteiger partial charge in [0.1, 0.15) is 10.8 Å². The van der Waals surface area contributed by atoms with Gasteiger partial charge in [-0.25, -0.2) is 8.42 Å². The molecule has 12 heteroatoms. The van der Waals surface area contributed by atoms with Crippen molar-refractivity contribution < 1.29 is 27.7 Å². The molecule has 2 aliphatic rings. The van der Waals surface area contributed by atoms with E-state index in [1.54, 1.807) is 0 Å². The number of sulfone groups is 1. The van der Waals surface area contributed by atoms with Gasteiger partial charge in [-0.05, 0) is 49.8 Å². The minimum Gasteiger partial charge on any atom is -0.484 e. The number of carbonyl (C=O) groups is 2. The quantitative estimate of drug-likeness (QED) is 0.445. The van der Waals surface area contributed by atoms with Crippen molar-refractivity contribution in [3.05, 3.63) is 50.4 Å². The number of non-ortho nitro benzene ring substituents is 1. The second kappa shape index (κ2) is 9.48. The van der Waals surface area contributed by atoms with Gasteiger partial charge in [0.25, 0.3) is 17.5 Å². The van der Waals surface area contributed by atoms with Crippen molar-refractivity contribution >= 4 is 43.7 Å². The zero-order valence-corrected chi connectivity index (χ0v) is 19.3. The van der Waals surface area contributed by atoms with Crippen molar-refractivity contribution in [2.24, 2.45) is 0 Å². The van der Waals surface area contributed by atoms with Crippen molar-refractivity contribution in [2.45, 2.75) is 38.1 Å². The number of ether oxygens (including phenoxy) is 1. The second-order valence-electron chi connectivity index (χ2n) is 8.08. The normalized spacial score (nSPS) is 18.8. The topological polar surface area (TPSA) is 145 Å². The molecule has 1 aromatic carbocycles. The summed E-state index contributed by atoms with van der Waals surface area (Å²) in [6.45, 7) is -0.331. The number of carbonyl (C=O) groups excluding carboxylic acids is 2. The van der Waals surface area contributed by atoms with Crippen LogP contribution < -0.4 is 15.4 Å². The third kappa shape index (κ3) is 5.50. The van der Waals surface area contributed by atoms with E-state index >= 15 is 0 Å². The van der Waals surface area contributed by atoms with Gasteiger partial charge in [-0.3, -0.25) is 19.7 Å². The first-order chi connectivity index (χ1) is 15.7. The number of rotatable bonds is 7. The van der Waals surface area contributed by atoms with E-state index < -0.39 is 26.7 Å². The van der Waals surface area contributed by atoms with Gasteiger partial charge in [0, 0.05) is 23.1 Å². The molecule has 0 unspecified atom stereocenters. The number of thiophene rings is 1. The molecule has 1 aromatic heterocycles. The Kier molecular flexibility index (Phi) is 6.66. The number of nitrogens with zero attached hydrogens (tertiary/aromatic N) is 1. The lowest BCUT2D eigenvalue weighted by Gasteiger charge is -2.15. The number of aryl methyl sites for hydroxylation is 1. The van der Waals surface area contributed by atoms with Gasteiger partial charge in [-0.15, -0.1) is 11.3 Å². The van der Waals surface area contributed by atoms with Crippen molar-refractivity contribution in [1.82, 2.24) is 5.32 Å². The number of nitro groups is 1. The number of nitrogens with one attached hydrogen (secondary N) is 2. The van der Waals surface area contributed by atoms with E-state index in [2.05, 4.69) is 10.6 Å². The minimum absolute atomic E-state index is 0.0588. The number of anilines is 1. The summed E-state index contributed by atoms with van der Waals surface area (Å²) < 4.78 is 28.9. The Hall–Kier alpha value is -2.99. The number of amides is 2. The number of hydrogen-bond donors (Lipinski definition) is 2. The van der Waals surface area contributed by atoms with Crippen LogP contribution in [0.15, 0.2) is 24.3 Å². The van der Waals surface area contributed by atoms with Crippen molar-refractivity contribution in [2.75, 3.05) is 23.4 Å². The lowest BCUT2D eigenvalue weighted by molar-refractivity contribution is -0.384. The highest BCUT2D eigenvalue weighted by atomic mass is 32.2. The Bertz CT molecular complexity index is 1190. The van der Waals surface area contributed by atoms with Gasteiger partial charge in [-0.2, -0.15) is 0 Å². The molecule has 2 amide bonds. The van der Waals surface area contributed by atoms with Crippen LogP contribution >= 0.6 is 11.3 Å². The summed E-state index contributed by atoms with van der Waals surface area (Å²) in [5.74, 6) is -0.548. The Morgan fingerprint density at radius 1 is 1.18 bits per heavy atom. The molecule has 1 aliphatic heterocycles. The summed E-state index contributed by atoms with van der Waals surface area (Å²) in [4.78, 5) is 36.9. The van der Waals surface area contributed by atoms with Crippen molar-refractivity contribution in [3.63, 3.8) is 0 Å². The van der Waals surface area contributed by atoms with Gasteiger partial charge in [0.15, 0.2) is 16.4 Å². The third-order valence-electron chi connectivity index (χ3n) is 5.64. The van der Waals surface area contributed by atoms with E-state index in [1.165, 1.54) is 35.6 Å². The molecule has 1 fully saturated rings. The average molecular weight is 494 g/mol.